The van der Waals surface area contributed by atoms with E-state index in [0.29, 0.717) is 12.3 Å². The van der Waals surface area contributed by atoms with Gasteiger partial charge in [0, 0.05) is 12.5 Å². The SMILES string of the molecule is CCCC(CC(=O)O)NC(=O)CC1CC2CCC1C2. The van der Waals surface area contributed by atoms with Gasteiger partial charge in [-0.1, -0.05) is 19.8 Å². The Bertz CT molecular complexity index is 342. The summed E-state index contributed by atoms with van der Waals surface area (Å²) in [6, 6.07) is -0.200. The molecule has 2 saturated carbocycles. The number of nitrogens with one attached hydrogen (secondary N) is 1. The maximum Gasteiger partial charge on any atom is 0.305 e. The Hall–Kier alpha value is -1.06. The molecule has 0 spiro atoms. The lowest BCUT2D eigenvalue weighted by atomic mass is 9.86. The molecule has 0 aromatic heterocycles. The monoisotopic (exact) mass is 267 g/mol. The second kappa shape index (κ2) is 6.40. The third-order valence-corrected chi connectivity index (χ3v) is 4.76. The summed E-state index contributed by atoms with van der Waals surface area (Å²) in [6.45, 7) is 2.01. The molecule has 4 atom stereocenters. The summed E-state index contributed by atoms with van der Waals surface area (Å²) in [5.41, 5.74) is 0. The van der Waals surface area contributed by atoms with E-state index in [1.54, 1.807) is 0 Å². The fourth-order valence-corrected chi connectivity index (χ4v) is 3.94. The molecule has 2 fully saturated rings. The van der Waals surface area contributed by atoms with Crippen LogP contribution in [0.5, 0.6) is 0 Å². The zero-order chi connectivity index (χ0) is 13.8. The lowest BCUT2D eigenvalue weighted by Crippen LogP contribution is -2.37. The van der Waals surface area contributed by atoms with Crippen molar-refractivity contribution >= 4 is 11.9 Å². The van der Waals surface area contributed by atoms with Gasteiger partial charge in [0.2, 0.25) is 5.91 Å². The molecule has 0 radical (unpaired) electrons. The van der Waals surface area contributed by atoms with Crippen LogP contribution in [0.1, 0.15) is 58.3 Å². The number of carbonyl (C=O) groups excluding carboxylic acids is 1. The molecule has 2 N–H and O–H groups in total. The van der Waals surface area contributed by atoms with Crippen molar-refractivity contribution < 1.29 is 14.7 Å². The molecule has 0 aromatic carbocycles. The second-order valence-corrected chi connectivity index (χ2v) is 6.29. The van der Waals surface area contributed by atoms with Crippen LogP contribution in [-0.2, 0) is 9.59 Å². The van der Waals surface area contributed by atoms with E-state index in [0.717, 1.165) is 24.7 Å². The van der Waals surface area contributed by atoms with Crippen LogP contribution in [0, 0.1) is 17.8 Å². The van der Waals surface area contributed by atoms with Crippen molar-refractivity contribution in [2.75, 3.05) is 0 Å². The molecule has 0 aromatic rings. The number of rotatable bonds is 7. The van der Waals surface area contributed by atoms with E-state index in [1.807, 2.05) is 6.92 Å². The first-order valence-electron chi connectivity index (χ1n) is 7.59. The lowest BCUT2D eigenvalue weighted by Gasteiger charge is -2.23. The molecular weight excluding hydrogens is 242 g/mol. The molecule has 2 bridgehead atoms. The summed E-state index contributed by atoms with van der Waals surface area (Å²) in [6.07, 6.45) is 7.43. The Morgan fingerprint density at radius 3 is 2.63 bits per heavy atom. The van der Waals surface area contributed by atoms with Gasteiger partial charge in [-0.15, -0.1) is 0 Å². The van der Waals surface area contributed by atoms with E-state index in [4.69, 9.17) is 5.11 Å². The van der Waals surface area contributed by atoms with Gasteiger partial charge < -0.3 is 10.4 Å². The Balaban J connectivity index is 1.77. The molecule has 1 amide bonds. The van der Waals surface area contributed by atoms with Gasteiger partial charge in [0.1, 0.15) is 0 Å². The number of carboxylic acids is 1. The van der Waals surface area contributed by atoms with E-state index in [1.165, 1.54) is 25.7 Å². The highest BCUT2D eigenvalue weighted by Gasteiger charge is 2.40. The molecule has 2 rings (SSSR count). The highest BCUT2D eigenvalue weighted by atomic mass is 16.4. The molecular formula is C15H25NO3. The molecule has 4 unspecified atom stereocenters. The number of fused-ring (bicyclic) bond motifs is 2. The standard InChI is InChI=1S/C15H25NO3/c1-2-3-13(9-15(18)19)16-14(17)8-12-7-10-4-5-11(12)6-10/h10-13H,2-9H2,1H3,(H,16,17)(H,18,19). The molecule has 4 heteroatoms. The fraction of sp³-hybridized carbons (Fsp3) is 0.867. The van der Waals surface area contributed by atoms with Crippen LogP contribution in [0.25, 0.3) is 0 Å². The summed E-state index contributed by atoms with van der Waals surface area (Å²) in [7, 11) is 0. The van der Waals surface area contributed by atoms with Crippen LogP contribution in [0.15, 0.2) is 0 Å². The first kappa shape index (κ1) is 14.4. The predicted octanol–water partition coefficient (Wildman–Crippen LogP) is 2.57. The second-order valence-electron chi connectivity index (χ2n) is 6.29. The van der Waals surface area contributed by atoms with Gasteiger partial charge in [-0.2, -0.15) is 0 Å². The van der Waals surface area contributed by atoms with E-state index in [9.17, 15) is 9.59 Å². The van der Waals surface area contributed by atoms with Gasteiger partial charge in [0.05, 0.1) is 6.42 Å². The number of amides is 1. The molecule has 108 valence electrons. The van der Waals surface area contributed by atoms with Crippen LogP contribution in [0.4, 0.5) is 0 Å². The molecule has 19 heavy (non-hydrogen) atoms. The minimum Gasteiger partial charge on any atom is -0.481 e. The van der Waals surface area contributed by atoms with Gasteiger partial charge in [-0.25, -0.2) is 0 Å². The van der Waals surface area contributed by atoms with E-state index in [-0.39, 0.29) is 18.4 Å². The summed E-state index contributed by atoms with van der Waals surface area (Å²) in [5.74, 6) is 1.37. The van der Waals surface area contributed by atoms with Crippen molar-refractivity contribution in [3.63, 3.8) is 0 Å². The number of aliphatic carboxylic acids is 1. The van der Waals surface area contributed by atoms with Gasteiger partial charge in [0.25, 0.3) is 0 Å². The summed E-state index contributed by atoms with van der Waals surface area (Å²) in [4.78, 5) is 22.8. The van der Waals surface area contributed by atoms with E-state index < -0.39 is 5.97 Å². The Kier molecular flexibility index (Phi) is 4.83. The largest absolute Gasteiger partial charge is 0.481 e. The van der Waals surface area contributed by atoms with Gasteiger partial charge in [-0.05, 0) is 43.4 Å². The predicted molar refractivity (Wildman–Crippen MR) is 72.6 cm³/mol. The van der Waals surface area contributed by atoms with E-state index in [2.05, 4.69) is 5.32 Å². The van der Waals surface area contributed by atoms with Crippen molar-refractivity contribution in [3.05, 3.63) is 0 Å². The maximum atomic E-state index is 12.0. The number of carbonyl (C=O) groups is 2. The van der Waals surface area contributed by atoms with Crippen molar-refractivity contribution in [2.45, 2.75) is 64.3 Å². The zero-order valence-corrected chi connectivity index (χ0v) is 11.7. The quantitative estimate of drug-likeness (QED) is 0.745. The first-order valence-corrected chi connectivity index (χ1v) is 7.59. The lowest BCUT2D eigenvalue weighted by molar-refractivity contribution is -0.137. The van der Waals surface area contributed by atoms with Crippen molar-refractivity contribution in [1.82, 2.24) is 5.32 Å². The number of carboxylic acid groups (broad SMARTS) is 1. The first-order chi connectivity index (χ1) is 9.08. The molecule has 2 aliphatic carbocycles. The normalized spacial score (nSPS) is 30.3. The van der Waals surface area contributed by atoms with Crippen molar-refractivity contribution in [3.8, 4) is 0 Å². The number of hydrogen-bond donors (Lipinski definition) is 2. The Morgan fingerprint density at radius 1 is 1.32 bits per heavy atom. The minimum absolute atomic E-state index is 0.0380. The smallest absolute Gasteiger partial charge is 0.305 e. The average Bonchev–Trinajstić information content (AvgIpc) is 2.89. The summed E-state index contributed by atoms with van der Waals surface area (Å²) >= 11 is 0. The average molecular weight is 267 g/mol. The summed E-state index contributed by atoms with van der Waals surface area (Å²) in [5, 5.41) is 11.8. The Morgan fingerprint density at radius 2 is 2.11 bits per heavy atom. The van der Waals surface area contributed by atoms with Crippen LogP contribution in [0.3, 0.4) is 0 Å². The molecule has 0 saturated heterocycles. The van der Waals surface area contributed by atoms with Crippen molar-refractivity contribution in [1.29, 1.82) is 0 Å². The van der Waals surface area contributed by atoms with E-state index >= 15 is 0 Å². The number of hydrogen-bond acceptors (Lipinski definition) is 2. The molecule has 2 aliphatic rings. The highest BCUT2D eigenvalue weighted by Crippen LogP contribution is 2.49. The summed E-state index contributed by atoms with van der Waals surface area (Å²) < 4.78 is 0. The molecule has 4 nitrogen and oxygen atoms in total. The van der Waals surface area contributed by atoms with Gasteiger partial charge in [-0.3, -0.25) is 9.59 Å². The third-order valence-electron chi connectivity index (χ3n) is 4.76. The zero-order valence-electron chi connectivity index (χ0n) is 11.7. The van der Waals surface area contributed by atoms with Gasteiger partial charge in [0.15, 0.2) is 0 Å². The fourth-order valence-electron chi connectivity index (χ4n) is 3.94. The van der Waals surface area contributed by atoms with Crippen LogP contribution >= 0.6 is 0 Å². The minimum atomic E-state index is -0.835. The maximum absolute atomic E-state index is 12.0. The molecule has 0 heterocycles. The highest BCUT2D eigenvalue weighted by molar-refractivity contribution is 5.77. The topological polar surface area (TPSA) is 66.4 Å². The Labute approximate surface area is 115 Å². The van der Waals surface area contributed by atoms with Crippen molar-refractivity contribution in [2.24, 2.45) is 17.8 Å². The van der Waals surface area contributed by atoms with Crippen LogP contribution in [0.2, 0.25) is 0 Å². The van der Waals surface area contributed by atoms with Crippen LogP contribution < -0.4 is 5.32 Å². The molecule has 0 aliphatic heterocycles. The van der Waals surface area contributed by atoms with Crippen LogP contribution in [-0.4, -0.2) is 23.0 Å². The third kappa shape index (κ3) is 3.95. The van der Waals surface area contributed by atoms with Gasteiger partial charge >= 0.3 is 5.97 Å².